The van der Waals surface area contributed by atoms with Crippen LogP contribution in [0.3, 0.4) is 0 Å². The van der Waals surface area contributed by atoms with E-state index in [-0.39, 0.29) is 11.6 Å². The van der Waals surface area contributed by atoms with Crippen LogP contribution in [0.5, 0.6) is 0 Å². The van der Waals surface area contributed by atoms with Crippen molar-refractivity contribution >= 4 is 0 Å². The minimum atomic E-state index is -0.228. The van der Waals surface area contributed by atoms with Gasteiger partial charge >= 0.3 is 0 Å². The third-order valence-corrected chi connectivity index (χ3v) is 3.01. The Bertz CT molecular complexity index is 265. The molecule has 0 fully saturated rings. The monoisotopic (exact) mass is 211 g/mol. The number of furan rings is 1. The second kappa shape index (κ2) is 5.33. The third kappa shape index (κ3) is 2.61. The van der Waals surface area contributed by atoms with Gasteiger partial charge in [0.15, 0.2) is 0 Å². The van der Waals surface area contributed by atoms with Gasteiger partial charge < -0.3 is 14.5 Å². The van der Waals surface area contributed by atoms with Gasteiger partial charge in [-0.15, -0.1) is 0 Å². The van der Waals surface area contributed by atoms with Gasteiger partial charge in [0, 0.05) is 7.11 Å². The van der Waals surface area contributed by atoms with Gasteiger partial charge in [-0.2, -0.15) is 0 Å². The number of ether oxygens (including phenoxy) is 1. The summed E-state index contributed by atoms with van der Waals surface area (Å²) in [6.07, 6.45) is 2.63. The second-order valence-corrected chi connectivity index (χ2v) is 3.88. The molecule has 3 nitrogen and oxygen atoms in total. The normalized spacial score (nSPS) is 17.3. The first-order valence-electron chi connectivity index (χ1n) is 5.49. The van der Waals surface area contributed by atoms with Gasteiger partial charge in [-0.3, -0.25) is 0 Å². The maximum absolute atomic E-state index is 5.60. The smallest absolute Gasteiger partial charge is 0.123 e. The molecule has 0 spiro atoms. The van der Waals surface area contributed by atoms with Crippen molar-refractivity contribution < 1.29 is 9.15 Å². The Morgan fingerprint density at radius 1 is 1.53 bits per heavy atom. The van der Waals surface area contributed by atoms with E-state index in [1.165, 1.54) is 0 Å². The van der Waals surface area contributed by atoms with Crippen LogP contribution < -0.4 is 5.32 Å². The van der Waals surface area contributed by atoms with Crippen molar-refractivity contribution in [3.05, 3.63) is 24.2 Å². The predicted molar refractivity (Wildman–Crippen MR) is 60.8 cm³/mol. The van der Waals surface area contributed by atoms with Crippen molar-refractivity contribution in [3.63, 3.8) is 0 Å². The second-order valence-electron chi connectivity index (χ2n) is 3.88. The fraction of sp³-hybridized carbons (Fsp3) is 0.667. The van der Waals surface area contributed by atoms with Gasteiger partial charge in [-0.05, 0) is 32.0 Å². The molecule has 0 radical (unpaired) electrons. The molecule has 2 atom stereocenters. The summed E-state index contributed by atoms with van der Waals surface area (Å²) in [5, 5.41) is 3.41. The van der Waals surface area contributed by atoms with Crippen LogP contribution in [0.4, 0.5) is 0 Å². The molecule has 0 saturated heterocycles. The molecule has 0 aliphatic heterocycles. The summed E-state index contributed by atoms with van der Waals surface area (Å²) >= 11 is 0. The minimum absolute atomic E-state index is 0.104. The molecule has 0 aliphatic rings. The molecular weight excluding hydrogens is 190 g/mol. The van der Waals surface area contributed by atoms with E-state index in [1.807, 2.05) is 12.1 Å². The molecule has 0 amide bonds. The summed E-state index contributed by atoms with van der Waals surface area (Å²) in [7, 11) is 1.75. The quantitative estimate of drug-likeness (QED) is 0.785. The Balaban J connectivity index is 2.91. The van der Waals surface area contributed by atoms with Crippen molar-refractivity contribution in [2.24, 2.45) is 0 Å². The van der Waals surface area contributed by atoms with E-state index in [9.17, 15) is 0 Å². The average Bonchev–Trinajstić information content (AvgIpc) is 2.78. The number of rotatable bonds is 6. The topological polar surface area (TPSA) is 34.4 Å². The highest BCUT2D eigenvalue weighted by atomic mass is 16.5. The molecule has 0 saturated carbocycles. The van der Waals surface area contributed by atoms with E-state index in [4.69, 9.17) is 9.15 Å². The molecule has 0 bridgehead atoms. The summed E-state index contributed by atoms with van der Waals surface area (Å²) in [5.41, 5.74) is -0.228. The molecular formula is C12H21NO2. The zero-order chi connectivity index (χ0) is 11.3. The van der Waals surface area contributed by atoms with Crippen LogP contribution in [0.15, 0.2) is 22.8 Å². The highest BCUT2D eigenvalue weighted by Gasteiger charge is 2.34. The number of hydrogen-bond donors (Lipinski definition) is 1. The van der Waals surface area contributed by atoms with Gasteiger partial charge in [-0.1, -0.05) is 13.8 Å². The van der Waals surface area contributed by atoms with Crippen LogP contribution in [0, 0.1) is 0 Å². The predicted octanol–water partition coefficient (Wildman–Crippen LogP) is 2.75. The fourth-order valence-electron chi connectivity index (χ4n) is 1.74. The Hall–Kier alpha value is -0.800. The number of methoxy groups -OCH3 is 1. The Morgan fingerprint density at radius 2 is 2.27 bits per heavy atom. The van der Waals surface area contributed by atoms with Crippen molar-refractivity contribution in [3.8, 4) is 0 Å². The molecule has 1 aromatic heterocycles. The van der Waals surface area contributed by atoms with Crippen LogP contribution in [-0.2, 0) is 4.74 Å². The molecule has 1 heterocycles. The van der Waals surface area contributed by atoms with Crippen molar-refractivity contribution in [1.82, 2.24) is 5.32 Å². The van der Waals surface area contributed by atoms with E-state index < -0.39 is 0 Å². The van der Waals surface area contributed by atoms with Crippen LogP contribution in [0.1, 0.15) is 39.0 Å². The van der Waals surface area contributed by atoms with Gasteiger partial charge in [0.05, 0.1) is 17.9 Å². The zero-order valence-corrected chi connectivity index (χ0v) is 10.0. The Morgan fingerprint density at radius 3 is 2.67 bits per heavy atom. The molecule has 3 heteroatoms. The van der Waals surface area contributed by atoms with Gasteiger partial charge in [0.25, 0.3) is 0 Å². The first kappa shape index (κ1) is 12.3. The van der Waals surface area contributed by atoms with Crippen molar-refractivity contribution in [2.45, 2.75) is 38.8 Å². The van der Waals surface area contributed by atoms with E-state index in [2.05, 4.69) is 26.1 Å². The summed E-state index contributed by atoms with van der Waals surface area (Å²) in [4.78, 5) is 0. The molecule has 0 aromatic carbocycles. The number of hydrogen-bond acceptors (Lipinski definition) is 3. The molecule has 1 rings (SSSR count). The Kier molecular flexibility index (Phi) is 4.36. The summed E-state index contributed by atoms with van der Waals surface area (Å²) in [6, 6.07) is 4.00. The first-order valence-corrected chi connectivity index (χ1v) is 5.49. The SMILES string of the molecule is CCNC(c1ccco1)C(C)(CC)OC. The maximum atomic E-state index is 5.60. The standard InChI is InChI=1S/C12H21NO2/c1-5-12(3,14-4)11(13-6-2)10-8-7-9-15-10/h7-9,11,13H,5-6H2,1-4H3. The van der Waals surface area contributed by atoms with E-state index >= 15 is 0 Å². The molecule has 1 N–H and O–H groups in total. The van der Waals surface area contributed by atoms with Crippen LogP contribution in [-0.4, -0.2) is 19.3 Å². The highest BCUT2D eigenvalue weighted by Crippen LogP contribution is 2.31. The fourth-order valence-corrected chi connectivity index (χ4v) is 1.74. The lowest BCUT2D eigenvalue weighted by Crippen LogP contribution is -2.42. The van der Waals surface area contributed by atoms with Crippen molar-refractivity contribution in [1.29, 1.82) is 0 Å². The summed E-state index contributed by atoms with van der Waals surface area (Å²) in [5.74, 6) is 0.933. The largest absolute Gasteiger partial charge is 0.468 e. The maximum Gasteiger partial charge on any atom is 0.123 e. The lowest BCUT2D eigenvalue weighted by atomic mass is 9.91. The summed E-state index contributed by atoms with van der Waals surface area (Å²) < 4.78 is 11.1. The minimum Gasteiger partial charge on any atom is -0.468 e. The van der Waals surface area contributed by atoms with E-state index in [0.29, 0.717) is 0 Å². The van der Waals surface area contributed by atoms with Crippen LogP contribution in [0.2, 0.25) is 0 Å². The number of nitrogens with one attached hydrogen (secondary N) is 1. The molecule has 86 valence electrons. The summed E-state index contributed by atoms with van der Waals surface area (Å²) in [6.45, 7) is 7.20. The van der Waals surface area contributed by atoms with E-state index in [0.717, 1.165) is 18.7 Å². The lowest BCUT2D eigenvalue weighted by Gasteiger charge is -2.35. The van der Waals surface area contributed by atoms with Gasteiger partial charge in [0.1, 0.15) is 5.76 Å². The van der Waals surface area contributed by atoms with Gasteiger partial charge in [-0.25, -0.2) is 0 Å². The first-order chi connectivity index (χ1) is 7.18. The van der Waals surface area contributed by atoms with Crippen LogP contribution >= 0.6 is 0 Å². The molecule has 0 aliphatic carbocycles. The highest BCUT2D eigenvalue weighted by molar-refractivity contribution is 5.10. The van der Waals surface area contributed by atoms with Crippen molar-refractivity contribution in [2.75, 3.05) is 13.7 Å². The van der Waals surface area contributed by atoms with Crippen LogP contribution in [0.25, 0.3) is 0 Å². The number of likely N-dealkylation sites (N-methyl/N-ethyl adjacent to an activating group) is 1. The third-order valence-electron chi connectivity index (χ3n) is 3.01. The molecule has 1 aromatic rings. The molecule has 2 unspecified atom stereocenters. The molecule has 15 heavy (non-hydrogen) atoms. The lowest BCUT2D eigenvalue weighted by molar-refractivity contribution is -0.0349. The Labute approximate surface area is 91.8 Å². The van der Waals surface area contributed by atoms with Gasteiger partial charge in [0.2, 0.25) is 0 Å². The average molecular weight is 211 g/mol. The van der Waals surface area contributed by atoms with E-state index in [1.54, 1.807) is 13.4 Å². The zero-order valence-electron chi connectivity index (χ0n) is 10.0.